The van der Waals surface area contributed by atoms with E-state index in [9.17, 15) is 14.4 Å². The molecular weight excluding hydrogens is 492 g/mol. The molecule has 0 saturated heterocycles. The van der Waals surface area contributed by atoms with Gasteiger partial charge in [-0.25, -0.2) is 0 Å². The van der Waals surface area contributed by atoms with Gasteiger partial charge in [-0.1, -0.05) is 73.0 Å². The molecule has 8 heteroatoms. The SMILES string of the molecule is Cc1cccc(C[C@H]2NC(=O)[C@H](C)N(C)C(=O)C3(CCCC3)NCCOc3ccccc3/C=C/CNC2=O)c1. The van der Waals surface area contributed by atoms with Crippen LogP contribution in [0.2, 0.25) is 0 Å². The summed E-state index contributed by atoms with van der Waals surface area (Å²) in [5, 5.41) is 9.32. The van der Waals surface area contributed by atoms with E-state index >= 15 is 0 Å². The number of carbonyl (C=O) groups excluding carboxylic acids is 3. The molecule has 39 heavy (non-hydrogen) atoms. The number of aryl methyl sites for hydroxylation is 1. The Balaban J connectivity index is 1.61. The number of likely N-dealkylation sites (N-methyl/N-ethyl adjacent to an activating group) is 1. The summed E-state index contributed by atoms with van der Waals surface area (Å²) in [5.74, 6) is -0.00658. The van der Waals surface area contributed by atoms with Crippen molar-refractivity contribution >= 4 is 23.8 Å². The van der Waals surface area contributed by atoms with Gasteiger partial charge in [0, 0.05) is 32.1 Å². The van der Waals surface area contributed by atoms with Crippen molar-refractivity contribution in [3.05, 3.63) is 71.3 Å². The van der Waals surface area contributed by atoms with Crippen LogP contribution in [0.4, 0.5) is 0 Å². The zero-order chi connectivity index (χ0) is 27.8. The van der Waals surface area contributed by atoms with E-state index in [1.165, 1.54) is 4.90 Å². The van der Waals surface area contributed by atoms with Crippen LogP contribution in [0.25, 0.3) is 6.08 Å². The highest BCUT2D eigenvalue weighted by atomic mass is 16.5. The van der Waals surface area contributed by atoms with Gasteiger partial charge in [-0.15, -0.1) is 0 Å². The first-order valence-corrected chi connectivity index (χ1v) is 13.8. The maximum atomic E-state index is 13.7. The number of rotatable bonds is 2. The van der Waals surface area contributed by atoms with E-state index in [1.807, 2.05) is 67.6 Å². The monoisotopic (exact) mass is 532 g/mol. The molecule has 1 aliphatic carbocycles. The molecule has 1 fully saturated rings. The van der Waals surface area contributed by atoms with Crippen molar-refractivity contribution in [1.82, 2.24) is 20.9 Å². The Morgan fingerprint density at radius 2 is 1.79 bits per heavy atom. The lowest BCUT2D eigenvalue weighted by Crippen LogP contribution is -2.61. The molecule has 0 aromatic heterocycles. The number of nitrogens with zero attached hydrogens (tertiary/aromatic N) is 1. The Kier molecular flexibility index (Phi) is 9.41. The fourth-order valence-electron chi connectivity index (χ4n) is 5.38. The van der Waals surface area contributed by atoms with Crippen LogP contribution < -0.4 is 20.7 Å². The maximum absolute atomic E-state index is 13.7. The number of carbonyl (C=O) groups is 3. The first-order chi connectivity index (χ1) is 18.8. The van der Waals surface area contributed by atoms with E-state index in [4.69, 9.17) is 4.74 Å². The van der Waals surface area contributed by atoms with Gasteiger partial charge < -0.3 is 20.3 Å². The van der Waals surface area contributed by atoms with Crippen LogP contribution in [-0.2, 0) is 20.8 Å². The van der Waals surface area contributed by atoms with Gasteiger partial charge in [-0.05, 0) is 38.3 Å². The Bertz CT molecular complexity index is 1200. The van der Waals surface area contributed by atoms with Gasteiger partial charge in [0.1, 0.15) is 24.4 Å². The van der Waals surface area contributed by atoms with Crippen LogP contribution in [0, 0.1) is 6.92 Å². The molecule has 2 aromatic carbocycles. The first kappa shape index (κ1) is 28.4. The Morgan fingerprint density at radius 3 is 2.56 bits per heavy atom. The Morgan fingerprint density at radius 1 is 1.03 bits per heavy atom. The van der Waals surface area contributed by atoms with Gasteiger partial charge in [-0.3, -0.25) is 19.7 Å². The van der Waals surface area contributed by atoms with Crippen molar-refractivity contribution in [2.45, 2.75) is 63.6 Å². The molecule has 2 aliphatic rings. The van der Waals surface area contributed by atoms with Crippen molar-refractivity contribution in [2.24, 2.45) is 0 Å². The van der Waals surface area contributed by atoms with E-state index in [2.05, 4.69) is 16.0 Å². The summed E-state index contributed by atoms with van der Waals surface area (Å²) < 4.78 is 6.06. The molecule has 3 N–H and O–H groups in total. The van der Waals surface area contributed by atoms with Gasteiger partial charge in [0.05, 0.1) is 5.54 Å². The lowest BCUT2D eigenvalue weighted by molar-refractivity contribution is -0.144. The number of ether oxygens (including phenoxy) is 1. The summed E-state index contributed by atoms with van der Waals surface area (Å²) in [6.45, 7) is 4.90. The minimum Gasteiger partial charge on any atom is -0.492 e. The highest BCUT2D eigenvalue weighted by Gasteiger charge is 2.44. The number of benzene rings is 2. The van der Waals surface area contributed by atoms with Gasteiger partial charge in [0.15, 0.2) is 0 Å². The molecule has 8 nitrogen and oxygen atoms in total. The van der Waals surface area contributed by atoms with Crippen molar-refractivity contribution in [1.29, 1.82) is 0 Å². The summed E-state index contributed by atoms with van der Waals surface area (Å²) in [5.41, 5.74) is 2.20. The maximum Gasteiger partial charge on any atom is 0.243 e. The summed E-state index contributed by atoms with van der Waals surface area (Å²) in [6, 6.07) is 14.1. The van der Waals surface area contributed by atoms with Crippen LogP contribution in [0.5, 0.6) is 5.75 Å². The minimum atomic E-state index is -0.785. The lowest BCUT2D eigenvalue weighted by Gasteiger charge is -2.36. The van der Waals surface area contributed by atoms with Gasteiger partial charge in [0.2, 0.25) is 17.7 Å². The second kappa shape index (κ2) is 12.9. The van der Waals surface area contributed by atoms with E-state index in [1.54, 1.807) is 14.0 Å². The molecule has 3 amide bonds. The smallest absolute Gasteiger partial charge is 0.243 e. The largest absolute Gasteiger partial charge is 0.492 e. The van der Waals surface area contributed by atoms with Crippen LogP contribution in [0.3, 0.4) is 0 Å². The Labute approximate surface area is 231 Å². The molecule has 0 bridgehead atoms. The molecule has 1 heterocycles. The Hall–Kier alpha value is -3.65. The van der Waals surface area contributed by atoms with E-state index in [0.29, 0.717) is 39.0 Å². The van der Waals surface area contributed by atoms with Crippen LogP contribution in [-0.4, -0.2) is 67.0 Å². The second-order valence-electron chi connectivity index (χ2n) is 10.6. The summed E-state index contributed by atoms with van der Waals surface area (Å²) >= 11 is 0. The number of para-hydroxylation sites is 1. The molecule has 2 atom stereocenters. The van der Waals surface area contributed by atoms with E-state index in [0.717, 1.165) is 35.3 Å². The molecule has 4 rings (SSSR count). The lowest BCUT2D eigenvalue weighted by atomic mass is 9.94. The van der Waals surface area contributed by atoms with Crippen LogP contribution in [0.1, 0.15) is 49.3 Å². The van der Waals surface area contributed by atoms with Crippen LogP contribution >= 0.6 is 0 Å². The number of hydrogen-bond acceptors (Lipinski definition) is 5. The number of fused-ring (bicyclic) bond motifs is 1. The van der Waals surface area contributed by atoms with Crippen LogP contribution in [0.15, 0.2) is 54.6 Å². The molecule has 1 aliphatic heterocycles. The fourth-order valence-corrected chi connectivity index (χ4v) is 5.38. The third kappa shape index (κ3) is 7.06. The third-order valence-corrected chi connectivity index (χ3v) is 7.74. The second-order valence-corrected chi connectivity index (χ2v) is 10.6. The minimum absolute atomic E-state index is 0.105. The highest BCUT2D eigenvalue weighted by molar-refractivity contribution is 5.94. The molecule has 0 unspecified atom stereocenters. The molecule has 2 aromatic rings. The number of amides is 3. The normalized spacial score (nSPS) is 23.7. The van der Waals surface area contributed by atoms with E-state index in [-0.39, 0.29) is 17.7 Å². The predicted molar refractivity (Wildman–Crippen MR) is 152 cm³/mol. The quantitative estimate of drug-likeness (QED) is 0.552. The number of nitrogens with one attached hydrogen (secondary N) is 3. The topological polar surface area (TPSA) is 99.8 Å². The molecular formula is C31H40N4O4. The summed E-state index contributed by atoms with van der Waals surface area (Å²) in [6.07, 6.45) is 7.44. The van der Waals surface area contributed by atoms with Crippen molar-refractivity contribution in [3.8, 4) is 5.75 Å². The van der Waals surface area contributed by atoms with Crippen molar-refractivity contribution < 1.29 is 19.1 Å². The standard InChI is InChI=1S/C31H40N4O4/c1-22-10-8-11-24(20-22)21-26-29(37)32-17-9-13-25-12-4-5-14-27(25)39-19-18-33-31(15-6-7-16-31)30(38)35(3)23(2)28(36)34-26/h4-5,8-14,20,23,26,33H,6-7,15-19,21H2,1-3H3,(H,32,37)(H,34,36)/b13-9+/t23-,26+/m0/s1. The predicted octanol–water partition coefficient (Wildman–Crippen LogP) is 2.99. The molecule has 1 saturated carbocycles. The summed E-state index contributed by atoms with van der Waals surface area (Å²) in [4.78, 5) is 41.9. The zero-order valence-corrected chi connectivity index (χ0v) is 23.2. The average molecular weight is 533 g/mol. The van der Waals surface area contributed by atoms with Gasteiger partial charge >= 0.3 is 0 Å². The van der Waals surface area contributed by atoms with Crippen molar-refractivity contribution in [2.75, 3.05) is 26.7 Å². The van der Waals surface area contributed by atoms with Crippen molar-refractivity contribution in [3.63, 3.8) is 0 Å². The highest BCUT2D eigenvalue weighted by Crippen LogP contribution is 2.32. The first-order valence-electron chi connectivity index (χ1n) is 13.8. The molecule has 0 radical (unpaired) electrons. The number of hydrogen-bond donors (Lipinski definition) is 3. The average Bonchev–Trinajstić information content (AvgIpc) is 3.42. The van der Waals surface area contributed by atoms with Gasteiger partial charge in [0.25, 0.3) is 0 Å². The zero-order valence-electron chi connectivity index (χ0n) is 23.2. The molecule has 208 valence electrons. The molecule has 1 spiro atoms. The van der Waals surface area contributed by atoms with E-state index < -0.39 is 17.6 Å². The fraction of sp³-hybridized carbons (Fsp3) is 0.452. The third-order valence-electron chi connectivity index (χ3n) is 7.74. The van der Waals surface area contributed by atoms with Gasteiger partial charge in [-0.2, -0.15) is 0 Å². The summed E-state index contributed by atoms with van der Waals surface area (Å²) in [7, 11) is 1.67.